The Morgan fingerprint density at radius 3 is 2.81 bits per heavy atom. The molecular formula is C21H21ClN4S. The minimum Gasteiger partial charge on any atom is -0.312 e. The summed E-state index contributed by atoms with van der Waals surface area (Å²) in [6, 6.07) is 10.2. The highest BCUT2D eigenvalue weighted by Gasteiger charge is 2.11. The summed E-state index contributed by atoms with van der Waals surface area (Å²) < 4.78 is 0. The zero-order valence-electron chi connectivity index (χ0n) is 15.3. The first kappa shape index (κ1) is 18.2. The highest BCUT2D eigenvalue weighted by molar-refractivity contribution is 7.08. The Labute approximate surface area is 167 Å². The Bertz CT molecular complexity index is 1050. The number of fused-ring (bicyclic) bond motifs is 1. The molecule has 4 aromatic rings. The maximum atomic E-state index is 6.15. The molecule has 0 aliphatic carbocycles. The maximum Gasteiger partial charge on any atom is 0.0763 e. The van der Waals surface area contributed by atoms with Crippen molar-refractivity contribution >= 4 is 33.8 Å². The van der Waals surface area contributed by atoms with Gasteiger partial charge in [0.05, 0.1) is 16.9 Å². The Hall–Kier alpha value is -2.21. The van der Waals surface area contributed by atoms with Gasteiger partial charge in [-0.15, -0.1) is 0 Å². The quantitative estimate of drug-likeness (QED) is 0.435. The fourth-order valence-corrected chi connectivity index (χ4v) is 4.15. The van der Waals surface area contributed by atoms with Crippen molar-refractivity contribution in [3.05, 3.63) is 68.6 Å². The number of benzene rings is 1. The first-order valence-corrected chi connectivity index (χ1v) is 10.3. The maximum absolute atomic E-state index is 6.15. The zero-order chi connectivity index (χ0) is 18.8. The topological polar surface area (TPSA) is 53.6 Å². The molecule has 0 amide bonds. The fourth-order valence-electron chi connectivity index (χ4n) is 3.35. The van der Waals surface area contributed by atoms with Crippen LogP contribution in [0.5, 0.6) is 0 Å². The number of aromatic nitrogens is 3. The second-order valence-corrected chi connectivity index (χ2v) is 7.90. The number of aromatic amines is 1. The number of aryl methyl sites for hydroxylation is 2. The van der Waals surface area contributed by atoms with Gasteiger partial charge in [-0.1, -0.05) is 17.7 Å². The first-order chi connectivity index (χ1) is 13.1. The van der Waals surface area contributed by atoms with Gasteiger partial charge in [0.1, 0.15) is 0 Å². The van der Waals surface area contributed by atoms with Crippen molar-refractivity contribution in [2.24, 2.45) is 0 Å². The van der Waals surface area contributed by atoms with E-state index in [0.29, 0.717) is 5.02 Å². The van der Waals surface area contributed by atoms with E-state index in [-0.39, 0.29) is 0 Å². The van der Waals surface area contributed by atoms with E-state index in [1.54, 1.807) is 11.3 Å². The third-order valence-electron chi connectivity index (χ3n) is 4.80. The second-order valence-electron chi connectivity index (χ2n) is 6.68. The van der Waals surface area contributed by atoms with E-state index in [2.05, 4.69) is 45.3 Å². The highest BCUT2D eigenvalue weighted by atomic mass is 35.5. The van der Waals surface area contributed by atoms with Gasteiger partial charge in [0.2, 0.25) is 0 Å². The van der Waals surface area contributed by atoms with Crippen molar-refractivity contribution in [1.29, 1.82) is 0 Å². The molecule has 0 aliphatic rings. The van der Waals surface area contributed by atoms with E-state index in [1.165, 1.54) is 11.1 Å². The summed E-state index contributed by atoms with van der Waals surface area (Å²) in [5, 5.41) is 16.9. The van der Waals surface area contributed by atoms with Crippen LogP contribution in [0.15, 0.2) is 41.1 Å². The van der Waals surface area contributed by atoms with Gasteiger partial charge in [-0.05, 0) is 67.6 Å². The Balaban J connectivity index is 1.56. The molecule has 0 saturated heterocycles. The number of H-pyrrole nitrogens is 1. The lowest BCUT2D eigenvalue weighted by Gasteiger charge is -2.12. The van der Waals surface area contributed by atoms with Crippen LogP contribution in [0.3, 0.4) is 0 Å². The van der Waals surface area contributed by atoms with Gasteiger partial charge in [0.15, 0.2) is 0 Å². The summed E-state index contributed by atoms with van der Waals surface area (Å²) in [4.78, 5) is 4.90. The van der Waals surface area contributed by atoms with Crippen LogP contribution in [0, 0.1) is 13.8 Å². The third-order valence-corrected chi connectivity index (χ3v) is 5.72. The minimum atomic E-state index is 0.711. The smallest absolute Gasteiger partial charge is 0.0763 e. The lowest BCUT2D eigenvalue weighted by Crippen LogP contribution is -2.18. The van der Waals surface area contributed by atoms with E-state index >= 15 is 0 Å². The molecule has 27 heavy (non-hydrogen) atoms. The molecule has 0 fully saturated rings. The number of halogens is 1. The Morgan fingerprint density at radius 2 is 2.07 bits per heavy atom. The molecule has 0 unspecified atom stereocenters. The summed E-state index contributed by atoms with van der Waals surface area (Å²) in [5.41, 5.74) is 7.83. The average Bonchev–Trinajstić information content (AvgIpc) is 3.29. The van der Waals surface area contributed by atoms with Crippen LogP contribution >= 0.6 is 22.9 Å². The predicted molar refractivity (Wildman–Crippen MR) is 114 cm³/mol. The summed E-state index contributed by atoms with van der Waals surface area (Å²) in [5.74, 6) is 0. The van der Waals surface area contributed by atoms with E-state index in [4.69, 9.17) is 16.6 Å². The van der Waals surface area contributed by atoms with E-state index in [0.717, 1.165) is 53.1 Å². The van der Waals surface area contributed by atoms with Crippen LogP contribution in [0.4, 0.5) is 0 Å². The van der Waals surface area contributed by atoms with Gasteiger partial charge in [-0.2, -0.15) is 16.4 Å². The van der Waals surface area contributed by atoms with Crippen molar-refractivity contribution in [1.82, 2.24) is 20.5 Å². The number of pyridine rings is 1. The van der Waals surface area contributed by atoms with Crippen LogP contribution in [0.25, 0.3) is 22.2 Å². The molecule has 6 heteroatoms. The van der Waals surface area contributed by atoms with Crippen molar-refractivity contribution in [3.8, 4) is 11.3 Å². The number of rotatable bonds is 6. The number of nitrogens with one attached hydrogen (secondary N) is 2. The molecule has 0 bridgehead atoms. The standard InChI is InChI=1S/C21H21ClN4S/c1-13-19(14(2)26-25-13)5-7-23-11-17-9-15-3-4-18(22)10-20(15)24-21(17)16-6-8-27-12-16/h3-4,6,8-10,12,23H,5,7,11H2,1-2H3,(H,25,26). The molecule has 0 aliphatic heterocycles. The van der Waals surface area contributed by atoms with Crippen molar-refractivity contribution in [2.45, 2.75) is 26.8 Å². The molecule has 4 nitrogen and oxygen atoms in total. The van der Waals surface area contributed by atoms with Crippen molar-refractivity contribution < 1.29 is 0 Å². The van der Waals surface area contributed by atoms with Gasteiger partial charge in [0.25, 0.3) is 0 Å². The molecular weight excluding hydrogens is 376 g/mol. The number of hydrogen-bond acceptors (Lipinski definition) is 4. The van der Waals surface area contributed by atoms with Crippen LogP contribution in [0.1, 0.15) is 22.5 Å². The van der Waals surface area contributed by atoms with Gasteiger partial charge < -0.3 is 5.32 Å². The van der Waals surface area contributed by atoms with Crippen LogP contribution in [-0.2, 0) is 13.0 Å². The predicted octanol–water partition coefficient (Wildman–Crippen LogP) is 5.29. The average molecular weight is 397 g/mol. The summed E-state index contributed by atoms with van der Waals surface area (Å²) in [7, 11) is 0. The number of thiophene rings is 1. The summed E-state index contributed by atoms with van der Waals surface area (Å²) in [6.45, 7) is 5.78. The molecule has 2 N–H and O–H groups in total. The lowest BCUT2D eigenvalue weighted by atomic mass is 10.0. The Kier molecular flexibility index (Phi) is 5.25. The van der Waals surface area contributed by atoms with E-state index in [1.807, 2.05) is 25.1 Å². The van der Waals surface area contributed by atoms with Gasteiger partial charge in [-0.3, -0.25) is 5.10 Å². The molecule has 4 rings (SSSR count). The van der Waals surface area contributed by atoms with Gasteiger partial charge >= 0.3 is 0 Å². The SMILES string of the molecule is Cc1n[nH]c(C)c1CCNCc1cc2ccc(Cl)cc2nc1-c1ccsc1. The number of hydrogen-bond donors (Lipinski definition) is 2. The molecule has 0 spiro atoms. The van der Waals surface area contributed by atoms with Crippen LogP contribution in [-0.4, -0.2) is 21.7 Å². The fraction of sp³-hybridized carbons (Fsp3) is 0.238. The molecule has 3 heterocycles. The first-order valence-electron chi connectivity index (χ1n) is 8.95. The zero-order valence-corrected chi connectivity index (χ0v) is 16.9. The highest BCUT2D eigenvalue weighted by Crippen LogP contribution is 2.28. The Morgan fingerprint density at radius 1 is 1.19 bits per heavy atom. The van der Waals surface area contributed by atoms with E-state index < -0.39 is 0 Å². The summed E-state index contributed by atoms with van der Waals surface area (Å²) in [6.07, 6.45) is 0.957. The third kappa shape index (κ3) is 3.90. The van der Waals surface area contributed by atoms with Crippen LogP contribution in [0.2, 0.25) is 5.02 Å². The lowest BCUT2D eigenvalue weighted by molar-refractivity contribution is 0.684. The van der Waals surface area contributed by atoms with Crippen molar-refractivity contribution in [3.63, 3.8) is 0 Å². The van der Waals surface area contributed by atoms with Crippen molar-refractivity contribution in [2.75, 3.05) is 6.54 Å². The number of nitrogens with zero attached hydrogens (tertiary/aromatic N) is 2. The van der Waals surface area contributed by atoms with E-state index in [9.17, 15) is 0 Å². The molecule has 0 saturated carbocycles. The molecule has 138 valence electrons. The van der Waals surface area contributed by atoms with Gasteiger partial charge in [-0.25, -0.2) is 4.98 Å². The molecule has 1 aromatic carbocycles. The second kappa shape index (κ2) is 7.80. The van der Waals surface area contributed by atoms with Gasteiger partial charge in [0, 0.05) is 33.6 Å². The monoisotopic (exact) mass is 396 g/mol. The normalized spacial score (nSPS) is 11.4. The summed E-state index contributed by atoms with van der Waals surface area (Å²) >= 11 is 7.84. The van der Waals surface area contributed by atoms with Crippen LogP contribution < -0.4 is 5.32 Å². The largest absolute Gasteiger partial charge is 0.312 e. The minimum absolute atomic E-state index is 0.711. The molecule has 0 radical (unpaired) electrons. The molecule has 0 atom stereocenters. The molecule has 3 aromatic heterocycles.